The molecule has 0 aromatic heterocycles. The van der Waals surface area contributed by atoms with Crippen LogP contribution < -0.4 is 14.4 Å². The molecule has 1 amide bonds. The molecule has 4 aliphatic rings. The van der Waals surface area contributed by atoms with Crippen molar-refractivity contribution in [2.45, 2.75) is 69.8 Å². The lowest BCUT2D eigenvalue weighted by molar-refractivity contribution is -0.0948. The summed E-state index contributed by atoms with van der Waals surface area (Å²) in [6.07, 6.45) is 9.92. The van der Waals surface area contributed by atoms with Crippen LogP contribution >= 0.6 is 11.6 Å². The Morgan fingerprint density at radius 2 is 1.82 bits per heavy atom. The molecule has 9 nitrogen and oxygen atoms in total. The average molecular weight is 713 g/mol. The molecule has 5 atom stereocenters. The molecule has 6 rings (SSSR count). The van der Waals surface area contributed by atoms with E-state index in [1.165, 1.54) is 5.56 Å². The van der Waals surface area contributed by atoms with E-state index >= 15 is 0 Å². The van der Waals surface area contributed by atoms with Crippen molar-refractivity contribution in [3.05, 3.63) is 70.3 Å². The van der Waals surface area contributed by atoms with Crippen molar-refractivity contribution >= 4 is 33.2 Å². The first-order valence-electron chi connectivity index (χ1n) is 18.0. The summed E-state index contributed by atoms with van der Waals surface area (Å²) in [4.78, 5) is 20.8. The molecule has 2 fully saturated rings. The summed E-state index contributed by atoms with van der Waals surface area (Å²) in [5.74, 6) is 0.507. The molecule has 49 heavy (non-hydrogen) atoms. The standard InChI is InChI=1S/C38H53ClN4O5S/c1-27-8-7-16-38(47-4,26-42-20-18-41(3)19-21-42)34-14-11-31(34)24-43-17-6-5-9-29-22-33(39)13-10-32(29)25-48-36-15-12-30(23-35(36)43)37(44)40-49(45,46)28(27)2/h7,10,12-13,15-16,22-23,27-28,31,34H,5-6,8-9,11,14,17-21,24-26H2,1-4H3,(H,40,44)/b16-7+/t27-,28+,31-,34+,38-/m0/s1. The highest BCUT2D eigenvalue weighted by molar-refractivity contribution is 7.90. The highest BCUT2D eigenvalue weighted by Crippen LogP contribution is 2.47. The van der Waals surface area contributed by atoms with E-state index in [1.54, 1.807) is 13.0 Å². The van der Waals surface area contributed by atoms with Gasteiger partial charge < -0.3 is 19.3 Å². The number of nitrogens with one attached hydrogen (secondary N) is 1. The number of benzene rings is 2. The Morgan fingerprint density at radius 3 is 2.55 bits per heavy atom. The lowest BCUT2D eigenvalue weighted by atomic mass is 9.63. The van der Waals surface area contributed by atoms with Crippen molar-refractivity contribution < 1.29 is 22.7 Å². The van der Waals surface area contributed by atoms with Gasteiger partial charge in [-0.3, -0.25) is 9.69 Å². The Kier molecular flexibility index (Phi) is 11.3. The summed E-state index contributed by atoms with van der Waals surface area (Å²) in [5, 5.41) is -0.0500. The van der Waals surface area contributed by atoms with Crippen LogP contribution in [-0.4, -0.2) is 94.9 Å². The predicted octanol–water partition coefficient (Wildman–Crippen LogP) is 5.76. The van der Waals surface area contributed by atoms with Gasteiger partial charge in [0.05, 0.1) is 10.9 Å². The second kappa shape index (κ2) is 15.3. The van der Waals surface area contributed by atoms with E-state index in [2.05, 4.69) is 38.6 Å². The summed E-state index contributed by atoms with van der Waals surface area (Å²) >= 11 is 6.39. The van der Waals surface area contributed by atoms with E-state index in [0.717, 1.165) is 94.2 Å². The lowest BCUT2D eigenvalue weighted by Crippen LogP contribution is -2.58. The molecule has 0 radical (unpaired) electrons. The van der Waals surface area contributed by atoms with Gasteiger partial charge in [0.1, 0.15) is 18.0 Å². The Hall–Kier alpha value is -2.63. The van der Waals surface area contributed by atoms with Crippen molar-refractivity contribution in [3.8, 4) is 5.75 Å². The Bertz CT molecular complexity index is 1630. The molecular formula is C38H53ClN4O5S. The normalized spacial score (nSPS) is 30.8. The molecule has 2 aromatic rings. The number of likely N-dealkylation sites (N-methyl/N-ethyl adjacent to an activating group) is 1. The van der Waals surface area contributed by atoms with Gasteiger partial charge in [0.2, 0.25) is 10.0 Å². The Labute approximate surface area is 298 Å². The third-order valence-corrected chi connectivity index (χ3v) is 13.8. The number of carbonyl (C=O) groups is 1. The second-order valence-electron chi connectivity index (χ2n) is 14.8. The molecule has 1 saturated heterocycles. The molecule has 0 spiro atoms. The van der Waals surface area contributed by atoms with Gasteiger partial charge >= 0.3 is 0 Å². The summed E-state index contributed by atoms with van der Waals surface area (Å²) in [7, 11) is 0.0740. The fourth-order valence-corrected chi connectivity index (χ4v) is 9.47. The maximum absolute atomic E-state index is 13.6. The predicted molar refractivity (Wildman–Crippen MR) is 196 cm³/mol. The minimum absolute atomic E-state index is 0.209. The van der Waals surface area contributed by atoms with Crippen LogP contribution in [0.1, 0.15) is 67.4 Å². The third kappa shape index (κ3) is 8.14. The highest BCUT2D eigenvalue weighted by atomic mass is 35.5. The molecule has 1 N–H and O–H groups in total. The highest BCUT2D eigenvalue weighted by Gasteiger charge is 2.48. The Balaban J connectivity index is 1.40. The summed E-state index contributed by atoms with van der Waals surface area (Å²) in [5.41, 5.74) is 2.91. The molecule has 11 heteroatoms. The van der Waals surface area contributed by atoms with E-state index in [9.17, 15) is 13.2 Å². The Morgan fingerprint density at radius 1 is 1.02 bits per heavy atom. The largest absolute Gasteiger partial charge is 0.487 e. The zero-order valence-electron chi connectivity index (χ0n) is 29.5. The van der Waals surface area contributed by atoms with Gasteiger partial charge in [-0.25, -0.2) is 13.1 Å². The number of halogens is 1. The third-order valence-electron chi connectivity index (χ3n) is 11.6. The van der Waals surface area contributed by atoms with E-state index in [4.69, 9.17) is 21.1 Å². The number of allylic oxidation sites excluding steroid dienone is 1. The number of methoxy groups -OCH3 is 1. The fourth-order valence-electron chi connectivity index (χ4n) is 7.99. The molecule has 2 bridgehead atoms. The second-order valence-corrected chi connectivity index (χ2v) is 17.2. The van der Waals surface area contributed by atoms with Gasteiger partial charge in [-0.15, -0.1) is 0 Å². The number of anilines is 1. The number of amides is 1. The number of fused-ring (bicyclic) bond motifs is 3. The molecular weight excluding hydrogens is 660 g/mol. The molecule has 3 heterocycles. The van der Waals surface area contributed by atoms with Gasteiger partial charge in [-0.05, 0) is 112 Å². The van der Waals surface area contributed by atoms with E-state index in [-0.39, 0.29) is 5.92 Å². The first-order chi connectivity index (χ1) is 23.5. The van der Waals surface area contributed by atoms with Gasteiger partial charge in [0.15, 0.2) is 0 Å². The van der Waals surface area contributed by atoms with Crippen molar-refractivity contribution in [1.82, 2.24) is 14.5 Å². The van der Waals surface area contributed by atoms with E-state index < -0.39 is 26.8 Å². The monoisotopic (exact) mass is 712 g/mol. The van der Waals surface area contributed by atoms with Crippen molar-refractivity contribution in [1.29, 1.82) is 0 Å². The zero-order valence-corrected chi connectivity index (χ0v) is 31.1. The number of nitrogens with zero attached hydrogens (tertiary/aromatic N) is 3. The molecule has 1 aliphatic carbocycles. The molecule has 2 aromatic carbocycles. The van der Waals surface area contributed by atoms with E-state index in [0.29, 0.717) is 36.2 Å². The number of piperazine rings is 1. The number of hydrogen-bond donors (Lipinski definition) is 1. The smallest absolute Gasteiger partial charge is 0.264 e. The van der Waals surface area contributed by atoms with E-state index in [1.807, 2.05) is 44.4 Å². The lowest BCUT2D eigenvalue weighted by Gasteiger charge is -2.51. The van der Waals surface area contributed by atoms with Crippen LogP contribution in [0.5, 0.6) is 5.75 Å². The van der Waals surface area contributed by atoms with Crippen LogP contribution in [0.3, 0.4) is 0 Å². The number of aryl methyl sites for hydroxylation is 1. The van der Waals surface area contributed by atoms with Crippen molar-refractivity contribution in [2.75, 3.05) is 64.9 Å². The summed E-state index contributed by atoms with van der Waals surface area (Å²) < 4.78 is 42.5. The quantitative estimate of drug-likeness (QED) is 0.402. The van der Waals surface area contributed by atoms with Gasteiger partial charge in [0.25, 0.3) is 5.91 Å². The first-order valence-corrected chi connectivity index (χ1v) is 19.9. The number of hydrogen-bond acceptors (Lipinski definition) is 8. The molecule has 3 aliphatic heterocycles. The molecule has 1 saturated carbocycles. The van der Waals surface area contributed by atoms with Crippen LogP contribution in [0.4, 0.5) is 5.69 Å². The van der Waals surface area contributed by atoms with Crippen molar-refractivity contribution in [2.24, 2.45) is 17.8 Å². The topological polar surface area (TPSA) is 91.4 Å². The van der Waals surface area contributed by atoms with Gasteiger partial charge in [-0.1, -0.05) is 36.7 Å². The number of carbonyl (C=O) groups excluding carboxylic acids is 1. The summed E-state index contributed by atoms with van der Waals surface area (Å²) in [6, 6.07) is 11.3. The minimum atomic E-state index is -3.94. The summed E-state index contributed by atoms with van der Waals surface area (Å²) in [6.45, 7) is 10.4. The van der Waals surface area contributed by atoms with Crippen LogP contribution in [0.15, 0.2) is 48.6 Å². The molecule has 0 unspecified atom stereocenters. The first kappa shape index (κ1) is 36.2. The maximum atomic E-state index is 13.6. The zero-order chi connectivity index (χ0) is 34.8. The number of sulfonamides is 1. The van der Waals surface area contributed by atoms with Gasteiger partial charge in [0, 0.05) is 63.5 Å². The van der Waals surface area contributed by atoms with Gasteiger partial charge in [-0.2, -0.15) is 0 Å². The van der Waals surface area contributed by atoms with Crippen LogP contribution in [0, 0.1) is 17.8 Å². The number of rotatable bonds is 3. The minimum Gasteiger partial charge on any atom is -0.487 e. The average Bonchev–Trinajstić information content (AvgIpc) is 3.09. The SMILES string of the molecule is CO[C@]1(CN2CCN(C)CC2)/C=C/C[C@H](C)[C@@H](C)S(=O)(=O)NC(=O)c2ccc3c(c2)N(CCCCc2cc(Cl)ccc2CO3)C[C@@H]2CC[C@H]21. The van der Waals surface area contributed by atoms with Crippen LogP contribution in [0.2, 0.25) is 5.02 Å². The van der Waals surface area contributed by atoms with Crippen LogP contribution in [0.25, 0.3) is 0 Å². The van der Waals surface area contributed by atoms with Crippen molar-refractivity contribution in [3.63, 3.8) is 0 Å². The maximum Gasteiger partial charge on any atom is 0.264 e. The number of ether oxygens (including phenoxy) is 2. The fraction of sp³-hybridized carbons (Fsp3) is 0.605. The van der Waals surface area contributed by atoms with Crippen LogP contribution in [-0.2, 0) is 27.8 Å². The molecule has 268 valence electrons.